The molecule has 1 atom stereocenters. The van der Waals surface area contributed by atoms with Gasteiger partial charge in [0.25, 0.3) is 0 Å². The first kappa shape index (κ1) is 17.2. The van der Waals surface area contributed by atoms with Crippen LogP contribution in [0.5, 0.6) is 0 Å². The molecular weight excluding hydrogens is 314 g/mol. The van der Waals surface area contributed by atoms with E-state index in [1.807, 2.05) is 30.3 Å². The third kappa shape index (κ3) is 4.40. The predicted molar refractivity (Wildman–Crippen MR) is 87.7 cm³/mol. The number of hydrogen-bond acceptors (Lipinski definition) is 3. The molecule has 0 bridgehead atoms. The fraction of sp³-hybridized carbons (Fsp3) is 0.235. The number of carboxylic acids is 1. The van der Waals surface area contributed by atoms with Crippen LogP contribution in [-0.4, -0.2) is 37.4 Å². The molecule has 0 radical (unpaired) electrons. The zero-order valence-corrected chi connectivity index (χ0v) is 13.6. The van der Waals surface area contributed by atoms with Gasteiger partial charge in [0.1, 0.15) is 0 Å². The van der Waals surface area contributed by atoms with Crippen LogP contribution in [0.4, 0.5) is 0 Å². The van der Waals surface area contributed by atoms with Gasteiger partial charge in [-0.2, -0.15) is 0 Å². The van der Waals surface area contributed by atoms with E-state index in [2.05, 4.69) is 0 Å². The molecule has 6 heteroatoms. The summed E-state index contributed by atoms with van der Waals surface area (Å²) in [6.45, 7) is 0.105. The minimum Gasteiger partial charge on any atom is -0.481 e. The minimum absolute atomic E-state index is 0.105. The molecule has 0 saturated heterocycles. The van der Waals surface area contributed by atoms with E-state index in [0.717, 1.165) is 5.56 Å². The molecule has 0 aromatic heterocycles. The molecule has 0 saturated carbocycles. The van der Waals surface area contributed by atoms with Gasteiger partial charge in [-0.1, -0.05) is 48.5 Å². The van der Waals surface area contributed by atoms with Crippen molar-refractivity contribution in [1.29, 1.82) is 0 Å². The molecule has 23 heavy (non-hydrogen) atoms. The van der Waals surface area contributed by atoms with Crippen LogP contribution in [0.3, 0.4) is 0 Å². The van der Waals surface area contributed by atoms with Gasteiger partial charge in [0, 0.05) is 19.5 Å². The monoisotopic (exact) mass is 333 g/mol. The summed E-state index contributed by atoms with van der Waals surface area (Å²) >= 11 is 0. The van der Waals surface area contributed by atoms with Crippen molar-refractivity contribution >= 4 is 16.0 Å². The number of carbonyl (C=O) groups is 1. The number of rotatable bonds is 7. The molecule has 0 aliphatic rings. The number of nitrogens with zero attached hydrogens (tertiary/aromatic N) is 1. The summed E-state index contributed by atoms with van der Waals surface area (Å²) in [7, 11) is -2.17. The number of hydrogen-bond donors (Lipinski definition) is 1. The summed E-state index contributed by atoms with van der Waals surface area (Å²) in [5.41, 5.74) is 0.810. The van der Waals surface area contributed by atoms with E-state index in [-0.39, 0.29) is 17.9 Å². The van der Waals surface area contributed by atoms with Crippen molar-refractivity contribution in [3.8, 4) is 0 Å². The molecule has 0 fully saturated rings. The number of aliphatic carboxylic acids is 1. The highest BCUT2D eigenvalue weighted by molar-refractivity contribution is 7.89. The Morgan fingerprint density at radius 2 is 1.57 bits per heavy atom. The summed E-state index contributed by atoms with van der Waals surface area (Å²) in [5, 5.41) is 9.11. The van der Waals surface area contributed by atoms with Crippen LogP contribution in [0.15, 0.2) is 65.6 Å². The summed E-state index contributed by atoms with van der Waals surface area (Å²) in [5.74, 6) is -1.36. The van der Waals surface area contributed by atoms with Gasteiger partial charge >= 0.3 is 5.97 Å². The molecule has 1 N–H and O–H groups in total. The van der Waals surface area contributed by atoms with Crippen LogP contribution in [0.1, 0.15) is 17.9 Å². The summed E-state index contributed by atoms with van der Waals surface area (Å²) in [6.07, 6.45) is -0.126. The average Bonchev–Trinajstić information content (AvgIpc) is 2.55. The first-order valence-electron chi connectivity index (χ1n) is 7.19. The standard InChI is InChI=1S/C17H19NO4S/c1-18(23(21,22)16-10-6-3-7-11-16)13-15(12-17(19)20)14-8-4-2-5-9-14/h2-11,15H,12-13H2,1H3,(H,19,20)/t15-/m0/s1. The molecular formula is C17H19NO4S. The highest BCUT2D eigenvalue weighted by Crippen LogP contribution is 2.23. The van der Waals surface area contributed by atoms with Gasteiger partial charge in [-0.3, -0.25) is 4.79 Å². The zero-order chi connectivity index (χ0) is 16.9. The lowest BCUT2D eigenvalue weighted by Gasteiger charge is -2.23. The second-order valence-corrected chi connectivity index (χ2v) is 7.35. The van der Waals surface area contributed by atoms with Crippen LogP contribution < -0.4 is 0 Å². The lowest BCUT2D eigenvalue weighted by atomic mass is 9.96. The molecule has 0 aliphatic carbocycles. The molecule has 2 rings (SSSR count). The van der Waals surface area contributed by atoms with E-state index in [0.29, 0.717) is 0 Å². The van der Waals surface area contributed by atoms with Gasteiger partial charge in [0.15, 0.2) is 0 Å². The molecule has 0 aliphatic heterocycles. The molecule has 122 valence electrons. The molecule has 2 aromatic rings. The van der Waals surface area contributed by atoms with E-state index < -0.39 is 21.9 Å². The number of sulfonamides is 1. The Balaban J connectivity index is 2.24. The van der Waals surface area contributed by atoms with E-state index in [4.69, 9.17) is 5.11 Å². The maximum Gasteiger partial charge on any atom is 0.304 e. The highest BCUT2D eigenvalue weighted by Gasteiger charge is 2.25. The lowest BCUT2D eigenvalue weighted by Crippen LogP contribution is -2.32. The predicted octanol–water partition coefficient (Wildman–Crippen LogP) is 2.57. The van der Waals surface area contributed by atoms with E-state index >= 15 is 0 Å². The molecule has 5 nitrogen and oxygen atoms in total. The average molecular weight is 333 g/mol. The molecule has 0 unspecified atom stereocenters. The van der Waals surface area contributed by atoms with Crippen LogP contribution >= 0.6 is 0 Å². The van der Waals surface area contributed by atoms with Crippen molar-refractivity contribution < 1.29 is 18.3 Å². The van der Waals surface area contributed by atoms with Gasteiger partial charge in [0.2, 0.25) is 10.0 Å². The fourth-order valence-electron chi connectivity index (χ4n) is 2.40. The van der Waals surface area contributed by atoms with E-state index in [9.17, 15) is 13.2 Å². The topological polar surface area (TPSA) is 74.7 Å². The Hall–Kier alpha value is -2.18. The number of carboxylic acid groups (broad SMARTS) is 1. The quantitative estimate of drug-likeness (QED) is 0.845. The van der Waals surface area contributed by atoms with Gasteiger partial charge in [-0.25, -0.2) is 12.7 Å². The van der Waals surface area contributed by atoms with Crippen molar-refractivity contribution in [2.75, 3.05) is 13.6 Å². The first-order valence-corrected chi connectivity index (χ1v) is 8.63. The Kier molecular flexibility index (Phi) is 5.52. The smallest absolute Gasteiger partial charge is 0.304 e. The summed E-state index contributed by atoms with van der Waals surface area (Å²) in [6, 6.07) is 17.2. The van der Waals surface area contributed by atoms with Crippen LogP contribution in [0.2, 0.25) is 0 Å². The molecule has 0 amide bonds. The molecule has 0 spiro atoms. The van der Waals surface area contributed by atoms with Crippen molar-refractivity contribution in [2.45, 2.75) is 17.2 Å². The Labute approximate surface area is 136 Å². The Morgan fingerprint density at radius 1 is 1.04 bits per heavy atom. The highest BCUT2D eigenvalue weighted by atomic mass is 32.2. The SMILES string of the molecule is CN(C[C@H](CC(=O)O)c1ccccc1)S(=O)(=O)c1ccccc1. The first-order chi connectivity index (χ1) is 10.9. The number of benzene rings is 2. The van der Waals surface area contributed by atoms with Gasteiger partial charge in [-0.15, -0.1) is 0 Å². The Morgan fingerprint density at radius 3 is 2.09 bits per heavy atom. The van der Waals surface area contributed by atoms with Crippen LogP contribution in [0, 0.1) is 0 Å². The van der Waals surface area contributed by atoms with Gasteiger partial charge < -0.3 is 5.11 Å². The van der Waals surface area contributed by atoms with Crippen LogP contribution in [0.25, 0.3) is 0 Å². The van der Waals surface area contributed by atoms with E-state index in [1.165, 1.54) is 23.5 Å². The maximum atomic E-state index is 12.6. The van der Waals surface area contributed by atoms with Crippen LogP contribution in [-0.2, 0) is 14.8 Å². The van der Waals surface area contributed by atoms with Crippen molar-refractivity contribution in [3.05, 3.63) is 66.2 Å². The van der Waals surface area contributed by atoms with E-state index in [1.54, 1.807) is 18.2 Å². The molecule has 0 heterocycles. The fourth-order valence-corrected chi connectivity index (χ4v) is 3.64. The normalized spacial score (nSPS) is 13.0. The third-order valence-corrected chi connectivity index (χ3v) is 5.46. The second-order valence-electron chi connectivity index (χ2n) is 5.30. The molecule has 2 aromatic carbocycles. The second kappa shape index (κ2) is 7.39. The Bertz CT molecular complexity index is 745. The van der Waals surface area contributed by atoms with Crippen molar-refractivity contribution in [2.24, 2.45) is 0 Å². The zero-order valence-electron chi connectivity index (χ0n) is 12.8. The number of likely N-dealkylation sites (N-methyl/N-ethyl adjacent to an activating group) is 1. The van der Waals surface area contributed by atoms with Gasteiger partial charge in [0.05, 0.1) is 11.3 Å². The minimum atomic E-state index is -3.64. The maximum absolute atomic E-state index is 12.6. The summed E-state index contributed by atoms with van der Waals surface area (Å²) in [4.78, 5) is 11.3. The third-order valence-electron chi connectivity index (χ3n) is 3.62. The lowest BCUT2D eigenvalue weighted by molar-refractivity contribution is -0.137. The van der Waals surface area contributed by atoms with Gasteiger partial charge in [-0.05, 0) is 17.7 Å². The van der Waals surface area contributed by atoms with Crippen molar-refractivity contribution in [1.82, 2.24) is 4.31 Å². The summed E-state index contributed by atoms with van der Waals surface area (Å²) < 4.78 is 26.3. The van der Waals surface area contributed by atoms with Crippen molar-refractivity contribution in [3.63, 3.8) is 0 Å². The largest absolute Gasteiger partial charge is 0.481 e.